The van der Waals surface area contributed by atoms with Crippen LogP contribution in [0.25, 0.3) is 0 Å². The van der Waals surface area contributed by atoms with Crippen LogP contribution in [0.3, 0.4) is 0 Å². The second kappa shape index (κ2) is 6.33. The normalized spacial score (nSPS) is 21.1. The number of hydrogen-bond donors (Lipinski definition) is 1. The summed E-state index contributed by atoms with van der Waals surface area (Å²) >= 11 is 5.97. The van der Waals surface area contributed by atoms with Gasteiger partial charge in [-0.1, -0.05) is 11.6 Å². The molecule has 0 radical (unpaired) electrons. The summed E-state index contributed by atoms with van der Waals surface area (Å²) in [5.41, 5.74) is 2.02. The third-order valence-corrected chi connectivity index (χ3v) is 5.43. The van der Waals surface area contributed by atoms with Gasteiger partial charge < -0.3 is 10.1 Å². The molecule has 0 amide bonds. The Labute approximate surface area is 125 Å². The summed E-state index contributed by atoms with van der Waals surface area (Å²) in [4.78, 5) is 0. The number of aryl methyl sites for hydroxylation is 2. The average Bonchev–Trinajstić information content (AvgIpc) is 2.66. The first kappa shape index (κ1) is 15.6. The number of halogens is 1. The zero-order valence-electron chi connectivity index (χ0n) is 11.8. The Balaban J connectivity index is 1.80. The fraction of sp³-hybridized carbons (Fsp3) is 0.571. The number of nitrogens with one attached hydrogen (secondary N) is 1. The van der Waals surface area contributed by atoms with Crippen LogP contribution < -0.4 is 10.1 Å². The summed E-state index contributed by atoms with van der Waals surface area (Å²) in [6, 6.07) is 3.82. The fourth-order valence-electron chi connectivity index (χ4n) is 2.50. The van der Waals surface area contributed by atoms with Crippen molar-refractivity contribution in [2.24, 2.45) is 0 Å². The summed E-state index contributed by atoms with van der Waals surface area (Å²) in [6.45, 7) is 5.08. The van der Waals surface area contributed by atoms with E-state index in [9.17, 15) is 8.42 Å². The van der Waals surface area contributed by atoms with E-state index in [1.807, 2.05) is 26.0 Å². The molecule has 2 rings (SSSR count). The summed E-state index contributed by atoms with van der Waals surface area (Å²) in [6.07, 6.45) is 0.696. The SMILES string of the molecule is Cc1cc(Cl)cc(C)c1OCCNC1CCS(=O)(=O)C1. The molecule has 1 saturated heterocycles. The smallest absolute Gasteiger partial charge is 0.151 e. The van der Waals surface area contributed by atoms with Crippen molar-refractivity contribution in [3.63, 3.8) is 0 Å². The predicted molar refractivity (Wildman–Crippen MR) is 81.5 cm³/mol. The number of hydrogen-bond acceptors (Lipinski definition) is 4. The van der Waals surface area contributed by atoms with Crippen molar-refractivity contribution < 1.29 is 13.2 Å². The highest BCUT2D eigenvalue weighted by atomic mass is 35.5. The molecule has 1 atom stereocenters. The predicted octanol–water partition coefficient (Wildman–Crippen LogP) is 2.11. The summed E-state index contributed by atoms with van der Waals surface area (Å²) in [7, 11) is -2.82. The molecule has 112 valence electrons. The van der Waals surface area contributed by atoms with Crippen LogP contribution in [0.15, 0.2) is 12.1 Å². The van der Waals surface area contributed by atoms with Gasteiger partial charge in [-0.15, -0.1) is 0 Å². The van der Waals surface area contributed by atoms with Crippen LogP contribution in [-0.2, 0) is 9.84 Å². The fourth-order valence-corrected chi connectivity index (χ4v) is 4.53. The third-order valence-electron chi connectivity index (χ3n) is 3.44. The summed E-state index contributed by atoms with van der Waals surface area (Å²) in [5, 5.41) is 3.94. The van der Waals surface area contributed by atoms with Gasteiger partial charge in [-0.2, -0.15) is 0 Å². The second-order valence-corrected chi connectivity index (χ2v) is 7.94. The van der Waals surface area contributed by atoms with E-state index in [4.69, 9.17) is 16.3 Å². The molecule has 20 heavy (non-hydrogen) atoms. The van der Waals surface area contributed by atoms with Crippen molar-refractivity contribution in [1.29, 1.82) is 0 Å². The molecule has 0 bridgehead atoms. The van der Waals surface area contributed by atoms with Crippen molar-refractivity contribution in [2.75, 3.05) is 24.7 Å². The Morgan fingerprint density at radius 3 is 2.55 bits per heavy atom. The minimum atomic E-state index is -2.82. The Bertz CT molecular complexity index is 563. The first-order valence-electron chi connectivity index (χ1n) is 6.71. The molecule has 6 heteroatoms. The number of ether oxygens (including phenoxy) is 1. The molecule has 0 spiro atoms. The van der Waals surface area contributed by atoms with Crippen molar-refractivity contribution >= 4 is 21.4 Å². The average molecular weight is 318 g/mol. The van der Waals surface area contributed by atoms with E-state index in [0.29, 0.717) is 30.3 Å². The van der Waals surface area contributed by atoms with Crippen LogP contribution >= 0.6 is 11.6 Å². The van der Waals surface area contributed by atoms with Crippen LogP contribution in [0.2, 0.25) is 5.02 Å². The van der Waals surface area contributed by atoms with Gasteiger partial charge in [-0.3, -0.25) is 0 Å². The van der Waals surface area contributed by atoms with E-state index in [1.54, 1.807) is 0 Å². The molecule has 1 N–H and O–H groups in total. The Morgan fingerprint density at radius 1 is 1.35 bits per heavy atom. The quantitative estimate of drug-likeness (QED) is 0.845. The molecule has 1 aliphatic heterocycles. The topological polar surface area (TPSA) is 55.4 Å². The van der Waals surface area contributed by atoms with Crippen LogP contribution in [0, 0.1) is 13.8 Å². The first-order chi connectivity index (χ1) is 9.37. The Hall–Kier alpha value is -0.780. The third kappa shape index (κ3) is 4.11. The molecular weight excluding hydrogens is 298 g/mol. The van der Waals surface area contributed by atoms with Gasteiger partial charge in [0.25, 0.3) is 0 Å². The molecule has 0 aliphatic carbocycles. The minimum Gasteiger partial charge on any atom is -0.492 e. The molecular formula is C14H20ClNO3S. The van der Waals surface area contributed by atoms with Gasteiger partial charge in [0.1, 0.15) is 12.4 Å². The van der Waals surface area contributed by atoms with Gasteiger partial charge in [0, 0.05) is 17.6 Å². The van der Waals surface area contributed by atoms with Crippen molar-refractivity contribution in [3.05, 3.63) is 28.3 Å². The van der Waals surface area contributed by atoms with Crippen molar-refractivity contribution in [3.8, 4) is 5.75 Å². The highest BCUT2D eigenvalue weighted by molar-refractivity contribution is 7.91. The van der Waals surface area contributed by atoms with Crippen molar-refractivity contribution in [1.82, 2.24) is 5.32 Å². The lowest BCUT2D eigenvalue weighted by molar-refractivity contribution is 0.303. The molecule has 1 fully saturated rings. The zero-order valence-corrected chi connectivity index (χ0v) is 13.4. The monoisotopic (exact) mass is 317 g/mol. The molecule has 0 aromatic heterocycles. The molecule has 1 heterocycles. The van der Waals surface area contributed by atoms with Crippen LogP contribution in [0.5, 0.6) is 5.75 Å². The van der Waals surface area contributed by atoms with E-state index in [1.165, 1.54) is 0 Å². The highest BCUT2D eigenvalue weighted by Crippen LogP contribution is 2.26. The number of benzene rings is 1. The maximum absolute atomic E-state index is 11.3. The molecule has 1 aliphatic rings. The van der Waals surface area contributed by atoms with Gasteiger partial charge >= 0.3 is 0 Å². The van der Waals surface area contributed by atoms with Crippen LogP contribution in [-0.4, -0.2) is 39.1 Å². The minimum absolute atomic E-state index is 0.0658. The maximum atomic E-state index is 11.3. The summed E-state index contributed by atoms with van der Waals surface area (Å²) in [5.74, 6) is 1.39. The standard InChI is InChI=1S/C14H20ClNO3S/c1-10-7-12(15)8-11(2)14(10)19-5-4-16-13-3-6-20(17,18)9-13/h7-8,13,16H,3-6,9H2,1-2H3. The Kier molecular flexibility index (Phi) is 4.94. The molecule has 4 nitrogen and oxygen atoms in total. The first-order valence-corrected chi connectivity index (χ1v) is 8.91. The lowest BCUT2D eigenvalue weighted by atomic mass is 10.1. The largest absolute Gasteiger partial charge is 0.492 e. The van der Waals surface area contributed by atoms with Gasteiger partial charge in [-0.25, -0.2) is 8.42 Å². The van der Waals surface area contributed by atoms with Crippen molar-refractivity contribution in [2.45, 2.75) is 26.3 Å². The van der Waals surface area contributed by atoms with Gasteiger partial charge in [0.05, 0.1) is 11.5 Å². The summed E-state index contributed by atoms with van der Waals surface area (Å²) < 4.78 is 28.4. The molecule has 1 unspecified atom stereocenters. The molecule has 1 aromatic rings. The lowest BCUT2D eigenvalue weighted by Crippen LogP contribution is -2.33. The molecule has 0 saturated carbocycles. The highest BCUT2D eigenvalue weighted by Gasteiger charge is 2.27. The van der Waals surface area contributed by atoms with E-state index in [0.717, 1.165) is 16.9 Å². The van der Waals surface area contributed by atoms with Gasteiger partial charge in [-0.05, 0) is 43.5 Å². The number of sulfone groups is 1. The molecule has 1 aromatic carbocycles. The van der Waals surface area contributed by atoms with Gasteiger partial charge in [0.2, 0.25) is 0 Å². The van der Waals surface area contributed by atoms with Crippen LogP contribution in [0.4, 0.5) is 0 Å². The van der Waals surface area contributed by atoms with E-state index in [2.05, 4.69) is 5.32 Å². The zero-order chi connectivity index (χ0) is 14.8. The van der Waals surface area contributed by atoms with E-state index >= 15 is 0 Å². The Morgan fingerprint density at radius 2 is 2.00 bits per heavy atom. The maximum Gasteiger partial charge on any atom is 0.151 e. The lowest BCUT2D eigenvalue weighted by Gasteiger charge is -2.14. The van der Waals surface area contributed by atoms with Gasteiger partial charge in [0.15, 0.2) is 9.84 Å². The number of rotatable bonds is 5. The van der Waals surface area contributed by atoms with Crippen LogP contribution in [0.1, 0.15) is 17.5 Å². The van der Waals surface area contributed by atoms with E-state index < -0.39 is 9.84 Å². The van der Waals surface area contributed by atoms with E-state index in [-0.39, 0.29) is 11.8 Å². The second-order valence-electron chi connectivity index (χ2n) is 5.27.